The Morgan fingerprint density at radius 1 is 1.39 bits per heavy atom. The largest absolute Gasteiger partial charge is 0.477 e. The molecule has 0 saturated carbocycles. The van der Waals surface area contributed by atoms with Crippen molar-refractivity contribution in [3.63, 3.8) is 0 Å². The molecule has 3 heterocycles. The molecule has 2 aromatic rings. The molecule has 7 heteroatoms. The van der Waals surface area contributed by atoms with Crippen molar-refractivity contribution in [2.24, 2.45) is 0 Å². The van der Waals surface area contributed by atoms with Gasteiger partial charge in [0, 0.05) is 24.4 Å². The molecule has 1 aliphatic heterocycles. The second-order valence-corrected chi connectivity index (χ2v) is 7.56. The highest BCUT2D eigenvalue weighted by atomic mass is 32.1. The number of hydrogen-bond acceptors (Lipinski definition) is 5. The van der Waals surface area contributed by atoms with Crippen molar-refractivity contribution in [3.8, 4) is 0 Å². The second kappa shape index (κ2) is 6.80. The maximum Gasteiger partial charge on any atom is 0.345 e. The number of carbonyl (C=O) groups is 2. The monoisotopic (exact) mass is 350 g/mol. The highest BCUT2D eigenvalue weighted by Gasteiger charge is 2.28. The maximum atomic E-state index is 12.6. The van der Waals surface area contributed by atoms with Crippen LogP contribution in [0.15, 0.2) is 17.5 Å². The van der Waals surface area contributed by atoms with Crippen molar-refractivity contribution in [2.45, 2.75) is 32.1 Å². The molecule has 1 atom stereocenters. The van der Waals surface area contributed by atoms with Crippen molar-refractivity contribution < 1.29 is 14.7 Å². The van der Waals surface area contributed by atoms with E-state index in [-0.39, 0.29) is 16.7 Å². The van der Waals surface area contributed by atoms with Crippen LogP contribution < -0.4 is 0 Å². The molecule has 23 heavy (non-hydrogen) atoms. The van der Waals surface area contributed by atoms with Crippen LogP contribution in [0, 0.1) is 0 Å². The molecule has 0 radical (unpaired) electrons. The molecule has 1 amide bonds. The highest BCUT2D eigenvalue weighted by Crippen LogP contribution is 2.30. The Labute approximate surface area is 142 Å². The van der Waals surface area contributed by atoms with E-state index >= 15 is 0 Å². The number of hydrogen-bond donors (Lipinski definition) is 1. The first kappa shape index (κ1) is 16.1. The molecular weight excluding hydrogens is 332 g/mol. The molecule has 122 valence electrons. The Bertz CT molecular complexity index is 722. The van der Waals surface area contributed by atoms with Crippen molar-refractivity contribution in [2.75, 3.05) is 13.1 Å². The Morgan fingerprint density at radius 3 is 2.83 bits per heavy atom. The average molecular weight is 350 g/mol. The van der Waals surface area contributed by atoms with E-state index in [1.807, 2.05) is 4.90 Å². The number of aryl methyl sites for hydroxylation is 1. The third-order valence-electron chi connectivity index (χ3n) is 4.02. The van der Waals surface area contributed by atoms with Crippen molar-refractivity contribution in [1.82, 2.24) is 9.88 Å². The minimum atomic E-state index is -0.986. The van der Waals surface area contributed by atoms with Gasteiger partial charge in [-0.05, 0) is 31.4 Å². The summed E-state index contributed by atoms with van der Waals surface area (Å²) in [6.45, 7) is 3.48. The number of nitrogens with zero attached hydrogens (tertiary/aromatic N) is 2. The third kappa shape index (κ3) is 3.45. The molecule has 0 aliphatic carbocycles. The van der Waals surface area contributed by atoms with Gasteiger partial charge in [0.15, 0.2) is 0 Å². The molecule has 1 N–H and O–H groups in total. The first-order valence-corrected chi connectivity index (χ1v) is 9.34. The molecule has 1 saturated heterocycles. The number of aromatic nitrogens is 1. The van der Waals surface area contributed by atoms with Crippen LogP contribution in [0.25, 0.3) is 0 Å². The lowest BCUT2D eigenvalue weighted by Crippen LogP contribution is -2.38. The quantitative estimate of drug-likeness (QED) is 0.916. The number of rotatable bonds is 4. The molecule has 5 nitrogen and oxygen atoms in total. The molecule has 2 aromatic heterocycles. The van der Waals surface area contributed by atoms with Crippen molar-refractivity contribution >= 4 is 34.6 Å². The van der Waals surface area contributed by atoms with Crippen LogP contribution in [0.3, 0.4) is 0 Å². The fourth-order valence-corrected chi connectivity index (χ4v) is 4.60. The molecular formula is C16H18N2O3S2. The van der Waals surface area contributed by atoms with E-state index in [1.165, 1.54) is 6.07 Å². The van der Waals surface area contributed by atoms with Crippen LogP contribution in [-0.4, -0.2) is 40.0 Å². The van der Waals surface area contributed by atoms with Crippen LogP contribution in [0.4, 0.5) is 0 Å². The van der Waals surface area contributed by atoms with Gasteiger partial charge in [-0.2, -0.15) is 0 Å². The van der Waals surface area contributed by atoms with E-state index in [1.54, 1.807) is 17.4 Å². The lowest BCUT2D eigenvalue weighted by atomic mass is 9.98. The number of carboxylic acids is 1. The van der Waals surface area contributed by atoms with Crippen LogP contribution in [0.2, 0.25) is 0 Å². The van der Waals surface area contributed by atoms with E-state index in [2.05, 4.69) is 17.3 Å². The Balaban J connectivity index is 1.72. The van der Waals surface area contributed by atoms with E-state index in [4.69, 9.17) is 5.11 Å². The molecule has 1 fully saturated rings. The topological polar surface area (TPSA) is 70.5 Å². The number of piperidine rings is 1. The summed E-state index contributed by atoms with van der Waals surface area (Å²) in [4.78, 5) is 30.7. The Morgan fingerprint density at radius 2 is 2.17 bits per heavy atom. The summed E-state index contributed by atoms with van der Waals surface area (Å²) in [5.74, 6) is -0.767. The van der Waals surface area contributed by atoms with Gasteiger partial charge in [-0.15, -0.1) is 22.7 Å². The van der Waals surface area contributed by atoms with Gasteiger partial charge in [-0.1, -0.05) is 6.92 Å². The standard InChI is InChI=1S/C16H18N2O3S2/c1-2-11-9-22-14(17-11)10-4-3-7-18(8-10)15(19)12-5-6-13(23-12)16(20)21/h5-6,9-10H,2-4,7-8H2,1H3,(H,20,21). The van der Waals surface area contributed by atoms with Gasteiger partial charge in [0.25, 0.3) is 5.91 Å². The summed E-state index contributed by atoms with van der Waals surface area (Å²) >= 11 is 2.72. The van der Waals surface area contributed by atoms with Crippen molar-refractivity contribution in [1.29, 1.82) is 0 Å². The minimum absolute atomic E-state index is 0.0699. The fourth-order valence-electron chi connectivity index (χ4n) is 2.76. The van der Waals surface area contributed by atoms with E-state index < -0.39 is 5.97 Å². The molecule has 1 unspecified atom stereocenters. The Hall–Kier alpha value is -1.73. The summed E-state index contributed by atoms with van der Waals surface area (Å²) in [5, 5.41) is 12.2. The zero-order chi connectivity index (χ0) is 16.4. The smallest absolute Gasteiger partial charge is 0.345 e. The number of carbonyl (C=O) groups excluding carboxylic acids is 1. The van der Waals surface area contributed by atoms with Gasteiger partial charge in [0.2, 0.25) is 0 Å². The number of aromatic carboxylic acids is 1. The lowest BCUT2D eigenvalue weighted by molar-refractivity contribution is 0.0698. The third-order valence-corrected chi connectivity index (χ3v) is 6.13. The number of carboxylic acid groups (broad SMARTS) is 1. The van der Waals surface area contributed by atoms with Gasteiger partial charge in [0.05, 0.1) is 15.6 Å². The van der Waals surface area contributed by atoms with Gasteiger partial charge >= 0.3 is 5.97 Å². The van der Waals surface area contributed by atoms with E-state index in [0.29, 0.717) is 11.4 Å². The minimum Gasteiger partial charge on any atom is -0.477 e. The van der Waals surface area contributed by atoms with Crippen LogP contribution in [0.1, 0.15) is 55.7 Å². The molecule has 0 aromatic carbocycles. The zero-order valence-corrected chi connectivity index (χ0v) is 14.5. The molecule has 0 spiro atoms. The van der Waals surface area contributed by atoms with Gasteiger partial charge in [-0.25, -0.2) is 9.78 Å². The van der Waals surface area contributed by atoms with Crippen LogP contribution in [-0.2, 0) is 6.42 Å². The first-order chi connectivity index (χ1) is 11.1. The molecule has 0 bridgehead atoms. The number of thiazole rings is 1. The number of likely N-dealkylation sites (tertiary alicyclic amines) is 1. The zero-order valence-electron chi connectivity index (χ0n) is 12.8. The summed E-state index contributed by atoms with van der Waals surface area (Å²) in [6.07, 6.45) is 2.93. The molecule has 3 rings (SSSR count). The highest BCUT2D eigenvalue weighted by molar-refractivity contribution is 7.15. The van der Waals surface area contributed by atoms with Gasteiger partial charge in [-0.3, -0.25) is 4.79 Å². The predicted molar refractivity (Wildman–Crippen MR) is 90.6 cm³/mol. The number of thiophene rings is 1. The first-order valence-electron chi connectivity index (χ1n) is 7.65. The van der Waals surface area contributed by atoms with Crippen molar-refractivity contribution in [3.05, 3.63) is 38.0 Å². The maximum absolute atomic E-state index is 12.6. The lowest BCUT2D eigenvalue weighted by Gasteiger charge is -2.31. The van der Waals surface area contributed by atoms with Crippen LogP contribution >= 0.6 is 22.7 Å². The number of amides is 1. The van der Waals surface area contributed by atoms with Gasteiger partial charge in [0.1, 0.15) is 4.88 Å². The fraction of sp³-hybridized carbons (Fsp3) is 0.438. The second-order valence-electron chi connectivity index (χ2n) is 5.59. The summed E-state index contributed by atoms with van der Waals surface area (Å²) in [7, 11) is 0. The predicted octanol–water partition coefficient (Wildman–Crippen LogP) is 3.49. The summed E-state index contributed by atoms with van der Waals surface area (Å²) in [5.41, 5.74) is 1.11. The molecule has 1 aliphatic rings. The summed E-state index contributed by atoms with van der Waals surface area (Å²) in [6, 6.07) is 3.11. The SMILES string of the molecule is CCc1csc(C2CCCN(C(=O)c3ccc(C(=O)O)s3)C2)n1. The van der Waals surface area contributed by atoms with Gasteiger partial charge < -0.3 is 10.0 Å². The normalized spacial score (nSPS) is 18.1. The average Bonchev–Trinajstić information content (AvgIpc) is 3.23. The van der Waals surface area contributed by atoms with Crippen LogP contribution in [0.5, 0.6) is 0 Å². The van der Waals surface area contributed by atoms with E-state index in [0.717, 1.165) is 47.8 Å². The summed E-state index contributed by atoms with van der Waals surface area (Å²) < 4.78 is 0. The van der Waals surface area contributed by atoms with E-state index in [9.17, 15) is 9.59 Å². The Kier molecular flexibility index (Phi) is 4.77.